The molecule has 0 N–H and O–H groups in total. The third-order valence-corrected chi connectivity index (χ3v) is 4.06. The molecule has 0 saturated heterocycles. The highest BCUT2D eigenvalue weighted by molar-refractivity contribution is 7.90. The van der Waals surface area contributed by atoms with Crippen LogP contribution in [0.15, 0.2) is 40.3 Å². The number of hydrogen-bond donors (Lipinski definition) is 0. The van der Waals surface area contributed by atoms with Gasteiger partial charge >= 0.3 is 0 Å². The SMILES string of the molecule is C[S+]([O-])CCCCCCN=C=S.S=C=NCCc1ccccc1. The van der Waals surface area contributed by atoms with Gasteiger partial charge in [-0.15, -0.1) is 0 Å². The van der Waals surface area contributed by atoms with Gasteiger partial charge in [0.15, 0.2) is 0 Å². The minimum Gasteiger partial charge on any atom is -0.617 e. The molecule has 6 heteroatoms. The quantitative estimate of drug-likeness (QED) is 0.267. The van der Waals surface area contributed by atoms with E-state index < -0.39 is 11.2 Å². The fraction of sp³-hybridized carbons (Fsp3) is 0.529. The lowest BCUT2D eigenvalue weighted by Crippen LogP contribution is -2.02. The average Bonchev–Trinajstić information content (AvgIpc) is 2.56. The zero-order chi connectivity index (χ0) is 17.2. The van der Waals surface area contributed by atoms with Gasteiger partial charge in [-0.1, -0.05) is 47.9 Å². The van der Waals surface area contributed by atoms with Crippen molar-refractivity contribution in [2.24, 2.45) is 9.98 Å². The summed E-state index contributed by atoms with van der Waals surface area (Å²) in [5.74, 6) is 0.830. The maximum absolute atomic E-state index is 10.6. The Morgan fingerprint density at radius 3 is 2.17 bits per heavy atom. The summed E-state index contributed by atoms with van der Waals surface area (Å²) in [7, 11) is 0. The lowest BCUT2D eigenvalue weighted by molar-refractivity contribution is 0.592. The highest BCUT2D eigenvalue weighted by Crippen LogP contribution is 2.01. The van der Waals surface area contributed by atoms with E-state index in [1.807, 2.05) is 18.2 Å². The van der Waals surface area contributed by atoms with Gasteiger partial charge in [0.25, 0.3) is 0 Å². The first-order valence-electron chi connectivity index (χ1n) is 7.62. The molecule has 0 fully saturated rings. The van der Waals surface area contributed by atoms with Crippen LogP contribution < -0.4 is 0 Å². The lowest BCUT2D eigenvalue weighted by atomic mass is 10.2. The summed E-state index contributed by atoms with van der Waals surface area (Å²) in [6.07, 6.45) is 7.12. The van der Waals surface area contributed by atoms with Gasteiger partial charge in [-0.25, -0.2) is 9.98 Å². The van der Waals surface area contributed by atoms with E-state index >= 15 is 0 Å². The molecule has 0 radical (unpaired) electrons. The van der Waals surface area contributed by atoms with Crippen molar-refractivity contribution in [3.63, 3.8) is 0 Å². The second-order valence-electron chi connectivity index (χ2n) is 4.87. The molecule has 1 atom stereocenters. The van der Waals surface area contributed by atoms with Crippen LogP contribution in [0, 0.1) is 0 Å². The van der Waals surface area contributed by atoms with Crippen LogP contribution in [-0.4, -0.2) is 40.0 Å². The summed E-state index contributed by atoms with van der Waals surface area (Å²) in [6, 6.07) is 10.2. The van der Waals surface area contributed by atoms with Crippen molar-refractivity contribution >= 4 is 45.9 Å². The zero-order valence-corrected chi connectivity index (χ0v) is 16.0. The Labute approximate surface area is 153 Å². The van der Waals surface area contributed by atoms with Crippen LogP contribution in [0.1, 0.15) is 31.2 Å². The number of hydrogen-bond acceptors (Lipinski definition) is 5. The summed E-state index contributed by atoms with van der Waals surface area (Å²) in [6.45, 7) is 1.53. The maximum Gasteiger partial charge on any atom is 0.105 e. The zero-order valence-electron chi connectivity index (χ0n) is 13.6. The first kappa shape index (κ1) is 22.1. The largest absolute Gasteiger partial charge is 0.617 e. The fourth-order valence-corrected chi connectivity index (χ4v) is 2.56. The van der Waals surface area contributed by atoms with E-state index in [4.69, 9.17) is 0 Å². The van der Waals surface area contributed by atoms with Crippen LogP contribution in [-0.2, 0) is 17.6 Å². The standard InChI is InChI=1S/C9H9NS.C8H15NOS2/c11-8-10-7-6-9-4-2-1-3-5-9;1-12(10)7-5-3-2-4-6-9-8-11/h1-5H,6-7H2;2-7H2,1H3. The van der Waals surface area contributed by atoms with E-state index in [9.17, 15) is 4.55 Å². The van der Waals surface area contributed by atoms with Crippen molar-refractivity contribution in [1.29, 1.82) is 0 Å². The number of rotatable bonds is 10. The number of aliphatic imine (C=N–C) groups is 2. The molecule has 0 bridgehead atoms. The minimum atomic E-state index is -0.627. The van der Waals surface area contributed by atoms with Crippen molar-refractivity contribution in [3.05, 3.63) is 35.9 Å². The monoisotopic (exact) mass is 368 g/mol. The Hall–Kier alpha value is -0.870. The highest BCUT2D eigenvalue weighted by atomic mass is 32.2. The topological polar surface area (TPSA) is 47.8 Å². The lowest BCUT2D eigenvalue weighted by Gasteiger charge is -2.03. The molecule has 0 aliphatic carbocycles. The summed E-state index contributed by atoms with van der Waals surface area (Å²) >= 11 is 8.25. The van der Waals surface area contributed by atoms with E-state index in [0.717, 1.165) is 50.9 Å². The van der Waals surface area contributed by atoms with E-state index in [0.29, 0.717) is 0 Å². The summed E-state index contributed by atoms with van der Waals surface area (Å²) in [5.41, 5.74) is 1.29. The van der Waals surface area contributed by atoms with Gasteiger partial charge in [0, 0.05) is 6.54 Å². The predicted molar refractivity (Wildman–Crippen MR) is 107 cm³/mol. The van der Waals surface area contributed by atoms with Crippen LogP contribution in [0.3, 0.4) is 0 Å². The molecule has 0 aromatic heterocycles. The van der Waals surface area contributed by atoms with Crippen molar-refractivity contribution in [2.75, 3.05) is 25.1 Å². The van der Waals surface area contributed by atoms with Gasteiger partial charge < -0.3 is 4.55 Å². The van der Waals surface area contributed by atoms with Gasteiger partial charge in [-0.05, 0) is 55.7 Å². The van der Waals surface area contributed by atoms with E-state index in [1.54, 1.807) is 6.26 Å². The summed E-state index contributed by atoms with van der Waals surface area (Å²) < 4.78 is 10.6. The van der Waals surface area contributed by atoms with Crippen molar-refractivity contribution in [1.82, 2.24) is 0 Å². The fourth-order valence-electron chi connectivity index (χ4n) is 1.77. The molecule has 1 aromatic rings. The normalized spacial score (nSPS) is 10.5. The van der Waals surface area contributed by atoms with Crippen molar-refractivity contribution in [3.8, 4) is 0 Å². The number of nitrogens with zero attached hydrogens (tertiary/aromatic N) is 2. The molecule has 126 valence electrons. The number of isothiocyanates is 2. The molecule has 0 heterocycles. The summed E-state index contributed by atoms with van der Waals surface area (Å²) in [4.78, 5) is 7.64. The van der Waals surface area contributed by atoms with Crippen LogP contribution in [0.25, 0.3) is 0 Å². The van der Waals surface area contributed by atoms with Crippen LogP contribution in [0.4, 0.5) is 0 Å². The van der Waals surface area contributed by atoms with E-state index in [1.165, 1.54) is 5.56 Å². The minimum absolute atomic E-state index is 0.627. The molecule has 0 amide bonds. The molecule has 1 aromatic carbocycles. The molecule has 0 saturated carbocycles. The smallest absolute Gasteiger partial charge is 0.105 e. The average molecular weight is 369 g/mol. The third kappa shape index (κ3) is 17.3. The predicted octanol–water partition coefficient (Wildman–Crippen LogP) is 4.36. The van der Waals surface area contributed by atoms with Crippen LogP contribution in [0.5, 0.6) is 0 Å². The summed E-state index contributed by atoms with van der Waals surface area (Å²) in [5, 5.41) is 4.68. The Kier molecular flexibility index (Phi) is 16.8. The molecule has 0 aliphatic rings. The highest BCUT2D eigenvalue weighted by Gasteiger charge is 1.95. The van der Waals surface area contributed by atoms with Gasteiger partial charge in [-0.2, -0.15) is 0 Å². The van der Waals surface area contributed by atoms with Crippen LogP contribution in [0.2, 0.25) is 0 Å². The second-order valence-corrected chi connectivity index (χ2v) is 6.79. The molecule has 23 heavy (non-hydrogen) atoms. The number of thiocarbonyl (C=S) groups is 2. The van der Waals surface area contributed by atoms with E-state index in [2.05, 4.69) is 56.9 Å². The molecular formula is C17H24N2OS3. The van der Waals surface area contributed by atoms with Crippen LogP contribution >= 0.6 is 24.4 Å². The first-order chi connectivity index (χ1) is 11.2. The number of unbranched alkanes of at least 4 members (excludes halogenated alkanes) is 3. The second kappa shape index (κ2) is 17.5. The molecule has 1 unspecified atom stereocenters. The van der Waals surface area contributed by atoms with Gasteiger partial charge in [0.2, 0.25) is 0 Å². The molecule has 0 spiro atoms. The first-order valence-corrected chi connectivity index (χ1v) is 10.2. The molecule has 1 rings (SSSR count). The van der Waals surface area contributed by atoms with Gasteiger partial charge in [-0.3, -0.25) is 0 Å². The van der Waals surface area contributed by atoms with Crippen molar-refractivity contribution < 1.29 is 4.55 Å². The molecule has 0 aliphatic heterocycles. The third-order valence-electron chi connectivity index (χ3n) is 2.94. The van der Waals surface area contributed by atoms with Crippen molar-refractivity contribution in [2.45, 2.75) is 32.1 Å². The maximum atomic E-state index is 10.6. The van der Waals surface area contributed by atoms with Gasteiger partial charge in [0.05, 0.1) is 23.1 Å². The Bertz CT molecular complexity index is 482. The number of benzene rings is 1. The Balaban J connectivity index is 0.000000422. The van der Waals surface area contributed by atoms with E-state index in [-0.39, 0.29) is 0 Å². The molecular weight excluding hydrogens is 344 g/mol. The Morgan fingerprint density at radius 1 is 0.957 bits per heavy atom. The van der Waals surface area contributed by atoms with Gasteiger partial charge in [0.1, 0.15) is 5.75 Å². The molecule has 3 nitrogen and oxygen atoms in total. The Morgan fingerprint density at radius 2 is 1.57 bits per heavy atom.